The van der Waals surface area contributed by atoms with Crippen molar-refractivity contribution in [1.82, 2.24) is 69.8 Å². The first-order valence-corrected chi connectivity index (χ1v) is 42.4. The monoisotopic (exact) mass is 1630 g/mol. The summed E-state index contributed by atoms with van der Waals surface area (Å²) in [6.45, 7) is 0. The molecule has 0 radical (unpaired) electrons. The van der Waals surface area contributed by atoms with Crippen LogP contribution in [-0.2, 0) is 0 Å². The van der Waals surface area contributed by atoms with Crippen LogP contribution in [0.15, 0.2) is 425 Å². The van der Waals surface area contributed by atoms with Crippen molar-refractivity contribution in [3.8, 4) is 124 Å². The third-order valence-electron chi connectivity index (χ3n) is 23.5. The first-order valence-electron chi connectivity index (χ1n) is 42.4. The third kappa shape index (κ3) is 14.3. The average Bonchev–Trinajstić information content (AvgIpc) is 0.744. The van der Waals surface area contributed by atoms with Gasteiger partial charge >= 0.3 is 0 Å². The largest absolute Gasteiger partial charge is 0.254 e. The third-order valence-corrected chi connectivity index (χ3v) is 23.5. The summed E-state index contributed by atoms with van der Waals surface area (Å²) >= 11 is 0. The summed E-state index contributed by atoms with van der Waals surface area (Å²) < 4.78 is 0. The van der Waals surface area contributed by atoms with Crippen LogP contribution in [0.25, 0.3) is 244 Å². The lowest BCUT2D eigenvalue weighted by atomic mass is 9.93. The number of pyridine rings is 6. The highest BCUT2D eigenvalue weighted by molar-refractivity contribution is 6.19. The summed E-state index contributed by atoms with van der Waals surface area (Å²) in [5.41, 5.74) is 23.2. The molecular formula is C114H70N14. The van der Waals surface area contributed by atoms with Crippen LogP contribution < -0.4 is 0 Å². The molecule has 0 saturated carbocycles. The van der Waals surface area contributed by atoms with Crippen LogP contribution in [0.4, 0.5) is 0 Å². The minimum Gasteiger partial charge on any atom is -0.254 e. The lowest BCUT2D eigenvalue weighted by Gasteiger charge is -2.14. The average molecular weight is 1640 g/mol. The smallest absolute Gasteiger partial charge is 0.164 e. The molecule has 596 valence electrons. The molecule has 25 rings (SSSR count). The molecule has 0 saturated heterocycles. The fourth-order valence-electron chi connectivity index (χ4n) is 17.4. The van der Waals surface area contributed by atoms with Gasteiger partial charge in [-0.2, -0.15) is 0 Å². The van der Waals surface area contributed by atoms with E-state index in [4.69, 9.17) is 64.8 Å². The molecule has 14 nitrogen and oxygen atoms in total. The molecule has 9 heterocycles. The Hall–Kier alpha value is -17.6. The molecule has 128 heavy (non-hydrogen) atoms. The summed E-state index contributed by atoms with van der Waals surface area (Å²) in [4.78, 5) is 68.9. The Kier molecular flexibility index (Phi) is 19.2. The number of rotatable bonds is 11. The Morgan fingerprint density at radius 2 is 0.422 bits per heavy atom. The molecule has 0 amide bonds. The fraction of sp³-hybridized carbons (Fsp3) is 0. The number of fused-ring (bicyclic) bond motifs is 14. The first kappa shape index (κ1) is 75.4. The second-order valence-corrected chi connectivity index (χ2v) is 31.4. The van der Waals surface area contributed by atoms with E-state index in [1.165, 1.54) is 16.3 Å². The van der Waals surface area contributed by atoms with E-state index in [9.17, 15) is 0 Å². The van der Waals surface area contributed by atoms with Crippen molar-refractivity contribution < 1.29 is 0 Å². The molecule has 14 heteroatoms. The predicted octanol–water partition coefficient (Wildman–Crippen LogP) is 27.6. The maximum absolute atomic E-state index is 5.12. The zero-order valence-corrected chi connectivity index (χ0v) is 68.7. The summed E-state index contributed by atoms with van der Waals surface area (Å²) in [6, 6.07) is 139. The van der Waals surface area contributed by atoms with E-state index in [1.54, 1.807) is 0 Å². The van der Waals surface area contributed by atoms with Gasteiger partial charge in [0.15, 0.2) is 40.8 Å². The van der Waals surface area contributed by atoms with Gasteiger partial charge in [-0.3, -0.25) is 15.0 Å². The number of aromatic nitrogens is 14. The van der Waals surface area contributed by atoms with E-state index < -0.39 is 0 Å². The Labute approximate surface area is 734 Å². The van der Waals surface area contributed by atoms with Gasteiger partial charge in [0.05, 0.1) is 61.0 Å². The first-order chi connectivity index (χ1) is 63.4. The number of nitrogens with zero attached hydrogens (tertiary/aromatic N) is 14. The lowest BCUT2D eigenvalue weighted by molar-refractivity contribution is 1.07. The maximum Gasteiger partial charge on any atom is 0.164 e. The molecule has 0 aliphatic rings. The van der Waals surface area contributed by atoms with Gasteiger partial charge in [0.2, 0.25) is 0 Å². The van der Waals surface area contributed by atoms with Gasteiger partial charge in [0.25, 0.3) is 0 Å². The molecule has 0 unspecified atom stereocenters. The van der Waals surface area contributed by atoms with E-state index in [-0.39, 0.29) is 0 Å². The molecule has 9 aromatic heterocycles. The minimum absolute atomic E-state index is 0.624. The van der Waals surface area contributed by atoms with Gasteiger partial charge in [0, 0.05) is 128 Å². The number of hydrogen-bond acceptors (Lipinski definition) is 14. The highest BCUT2D eigenvalue weighted by atomic mass is 15.0. The Morgan fingerprint density at radius 3 is 0.828 bits per heavy atom. The molecule has 0 aliphatic carbocycles. The van der Waals surface area contributed by atoms with Crippen LogP contribution in [0, 0.1) is 0 Å². The Bertz CT molecular complexity index is 8460. The van der Waals surface area contributed by atoms with Crippen molar-refractivity contribution in [1.29, 1.82) is 0 Å². The molecule has 25 aromatic rings. The van der Waals surface area contributed by atoms with E-state index >= 15 is 0 Å². The number of benzene rings is 16. The van der Waals surface area contributed by atoms with Crippen LogP contribution in [0.1, 0.15) is 0 Å². The fourth-order valence-corrected chi connectivity index (χ4v) is 17.4. The van der Waals surface area contributed by atoms with Gasteiger partial charge in [-0.25, -0.2) is 54.8 Å². The SMILES string of the molecule is c1ccc(-c2cc(-c3c4ccccc4nc4c3ccc3cccnc34)nc(-c3ccccc3)n2)cc1.c1ccc(-c2nc(-c3ccccc3)nc(-c3ccc4cc5cc(-c6c7ccccc7nc7c6ccc6cccnc67)ccc5cc4c3)n2)cc1.c1ccc(-c2nc(-c3ccccc3)nc(-c3cccc(-c4c5ccccc5nc5c4ccc4cccnc45)c3)n2)cc1. The number of hydrogen-bond donors (Lipinski definition) is 0. The van der Waals surface area contributed by atoms with Gasteiger partial charge in [-0.1, -0.05) is 334 Å². The van der Waals surface area contributed by atoms with E-state index in [0.29, 0.717) is 40.8 Å². The summed E-state index contributed by atoms with van der Waals surface area (Å²) in [6.07, 6.45) is 5.49. The molecule has 0 aliphatic heterocycles. The van der Waals surface area contributed by atoms with E-state index in [2.05, 4.69) is 205 Å². The molecule has 0 atom stereocenters. The molecule has 0 N–H and O–H groups in total. The summed E-state index contributed by atoms with van der Waals surface area (Å²) in [5.74, 6) is 4.55. The van der Waals surface area contributed by atoms with Crippen LogP contribution in [0.2, 0.25) is 0 Å². The van der Waals surface area contributed by atoms with E-state index in [0.717, 1.165) is 187 Å². The van der Waals surface area contributed by atoms with Gasteiger partial charge < -0.3 is 0 Å². The maximum atomic E-state index is 5.12. The van der Waals surface area contributed by atoms with Crippen molar-refractivity contribution >= 4 is 120 Å². The van der Waals surface area contributed by atoms with Crippen LogP contribution >= 0.6 is 0 Å². The van der Waals surface area contributed by atoms with Crippen molar-refractivity contribution in [2.24, 2.45) is 0 Å². The van der Waals surface area contributed by atoms with Crippen molar-refractivity contribution in [2.45, 2.75) is 0 Å². The molecule has 0 bridgehead atoms. The van der Waals surface area contributed by atoms with Crippen molar-refractivity contribution in [3.63, 3.8) is 0 Å². The predicted molar refractivity (Wildman–Crippen MR) is 521 cm³/mol. The zero-order valence-electron chi connectivity index (χ0n) is 68.7. The topological polar surface area (TPSA) is 180 Å². The molecular weight excluding hydrogens is 1570 g/mol. The zero-order chi connectivity index (χ0) is 84.8. The van der Waals surface area contributed by atoms with Crippen molar-refractivity contribution in [3.05, 3.63) is 425 Å². The highest BCUT2D eigenvalue weighted by Gasteiger charge is 2.23. The second kappa shape index (κ2) is 32.6. The minimum atomic E-state index is 0.624. The Balaban J connectivity index is 0.000000111. The Morgan fingerprint density at radius 1 is 0.133 bits per heavy atom. The summed E-state index contributed by atoms with van der Waals surface area (Å²) in [7, 11) is 0. The van der Waals surface area contributed by atoms with Gasteiger partial charge in [0.1, 0.15) is 0 Å². The van der Waals surface area contributed by atoms with Gasteiger partial charge in [-0.05, 0) is 105 Å². The lowest BCUT2D eigenvalue weighted by Crippen LogP contribution is -2.00. The molecule has 0 fully saturated rings. The standard InChI is InChI=1S/C45H27N5.C37H23N5.C32H20N4/c1-3-10-29(11-4-1)43-48-44(30-12-5-2-6-13-30)50-45(49-43)34-20-18-32-24-35-26-33(19-17-31(35)25-36(32)27-34)40-37-15-7-8-16-39(37)47-42-38(40)22-21-28-14-9-23-46-41(28)42;1-3-11-25(12-4-1)35-40-36(26-13-5-2-6-14-26)42-37(41-35)28-16-9-15-27(23-28)32-29-18-7-8-19-31(29)39-34-30(32)21-20-24-17-10-22-38-33(24)34;1-3-10-21(11-4-1)27-20-28(36-32(35-27)23-12-5-2-6-13-23)29-24-15-7-8-16-26(24)34-31-25(29)18-17-22-14-9-19-33-30(22)31/h1-27H;1-23H;1-20H. The second-order valence-electron chi connectivity index (χ2n) is 31.4. The van der Waals surface area contributed by atoms with Crippen molar-refractivity contribution in [2.75, 3.05) is 0 Å². The van der Waals surface area contributed by atoms with Crippen LogP contribution in [0.3, 0.4) is 0 Å². The highest BCUT2D eigenvalue weighted by Crippen LogP contribution is 2.44. The molecule has 0 spiro atoms. The van der Waals surface area contributed by atoms with Crippen LogP contribution in [0.5, 0.6) is 0 Å². The van der Waals surface area contributed by atoms with E-state index in [1.807, 2.05) is 225 Å². The normalized spacial score (nSPS) is 11.4. The van der Waals surface area contributed by atoms with Crippen LogP contribution in [-0.4, -0.2) is 69.8 Å². The molecule has 16 aromatic carbocycles. The van der Waals surface area contributed by atoms with Gasteiger partial charge in [-0.15, -0.1) is 0 Å². The number of para-hydroxylation sites is 3. The summed E-state index contributed by atoms with van der Waals surface area (Å²) in [5, 5.41) is 14.3. The quantitative estimate of drug-likeness (QED) is 0.0881.